The minimum atomic E-state index is -1.05. The third-order valence-electron chi connectivity index (χ3n) is 5.93. The highest BCUT2D eigenvalue weighted by Gasteiger charge is 2.19. The second-order valence-corrected chi connectivity index (χ2v) is 8.06. The van der Waals surface area contributed by atoms with Crippen LogP contribution in [0.1, 0.15) is 60.1 Å². The van der Waals surface area contributed by atoms with Gasteiger partial charge in [-0.3, -0.25) is 4.79 Å². The summed E-state index contributed by atoms with van der Waals surface area (Å²) < 4.78 is 11.5. The summed E-state index contributed by atoms with van der Waals surface area (Å²) in [7, 11) is 0. The second-order valence-electron chi connectivity index (χ2n) is 8.06. The molecule has 0 atom stereocenters. The Morgan fingerprint density at radius 2 is 1.58 bits per heavy atom. The highest BCUT2D eigenvalue weighted by atomic mass is 16.4. The molecule has 2 heterocycles. The fourth-order valence-electron chi connectivity index (χ4n) is 3.91. The van der Waals surface area contributed by atoms with Gasteiger partial charge in [-0.05, 0) is 70.6 Å². The number of nitrogens with one attached hydrogen (secondary N) is 1. The van der Waals surface area contributed by atoms with Gasteiger partial charge < -0.3 is 24.1 Å². The molecule has 1 aromatic carbocycles. The first-order chi connectivity index (χ1) is 14.7. The van der Waals surface area contributed by atoms with Gasteiger partial charge in [0.2, 0.25) is 5.91 Å². The number of unbranched alkanes of at least 4 members (excludes halogenated alkanes) is 2. The van der Waals surface area contributed by atoms with Crippen LogP contribution >= 0.6 is 0 Å². The number of carbonyl (C=O) groups excluding carboxylic acids is 2. The van der Waals surface area contributed by atoms with E-state index in [1.807, 2.05) is 33.8 Å². The summed E-state index contributed by atoms with van der Waals surface area (Å²) in [5, 5.41) is 15.1. The Labute approximate surface area is 180 Å². The molecule has 2 aromatic heterocycles. The summed E-state index contributed by atoms with van der Waals surface area (Å²) in [6.45, 7) is 8.17. The molecular weight excluding hydrogens is 398 g/mol. The SMILES string of the molecule is Cc1oc2c(C)c3oc(=O)c(CCC(=O)NCCCCCC(=O)[O-])c(C)c3cc2c1C. The Balaban J connectivity index is 1.72. The molecular formula is C24H28NO6-. The van der Waals surface area contributed by atoms with Crippen molar-refractivity contribution in [2.45, 2.75) is 66.2 Å². The summed E-state index contributed by atoms with van der Waals surface area (Å²) in [5.74, 6) is -0.362. The molecule has 0 aliphatic heterocycles. The molecule has 0 aliphatic carbocycles. The molecule has 31 heavy (non-hydrogen) atoms. The van der Waals surface area contributed by atoms with Gasteiger partial charge in [-0.25, -0.2) is 4.79 Å². The molecule has 0 saturated carbocycles. The maximum Gasteiger partial charge on any atom is 0.339 e. The number of carbonyl (C=O) groups is 2. The van der Waals surface area contributed by atoms with Gasteiger partial charge in [0.15, 0.2) is 0 Å². The van der Waals surface area contributed by atoms with Crippen LogP contribution in [0.4, 0.5) is 0 Å². The minimum Gasteiger partial charge on any atom is -0.550 e. The lowest BCUT2D eigenvalue weighted by atomic mass is 9.98. The molecule has 7 heteroatoms. The van der Waals surface area contributed by atoms with Gasteiger partial charge in [-0.1, -0.05) is 6.42 Å². The molecule has 0 unspecified atom stereocenters. The van der Waals surface area contributed by atoms with E-state index in [0.717, 1.165) is 38.8 Å². The fourth-order valence-corrected chi connectivity index (χ4v) is 3.91. The van der Waals surface area contributed by atoms with E-state index in [2.05, 4.69) is 5.32 Å². The lowest BCUT2D eigenvalue weighted by molar-refractivity contribution is -0.305. The zero-order valence-electron chi connectivity index (χ0n) is 18.5. The van der Waals surface area contributed by atoms with E-state index >= 15 is 0 Å². The number of carboxylic acids is 1. The first-order valence-electron chi connectivity index (χ1n) is 10.6. The van der Waals surface area contributed by atoms with Gasteiger partial charge >= 0.3 is 5.63 Å². The standard InChI is InChI=1S/C24H29NO6/c1-13-16(4)30-22-15(3)23-19(12-18(13)22)14(2)17(24(29)31-23)9-10-20(26)25-11-7-5-6-8-21(27)28/h12H,5-11H2,1-4H3,(H,25,26)(H,27,28)/p-1. The topological polar surface area (TPSA) is 113 Å². The van der Waals surface area contributed by atoms with Crippen molar-refractivity contribution in [3.63, 3.8) is 0 Å². The molecule has 3 aromatic rings. The maximum atomic E-state index is 12.6. The highest BCUT2D eigenvalue weighted by Crippen LogP contribution is 2.34. The van der Waals surface area contributed by atoms with Crippen molar-refractivity contribution < 1.29 is 23.5 Å². The van der Waals surface area contributed by atoms with E-state index in [0.29, 0.717) is 43.4 Å². The van der Waals surface area contributed by atoms with Gasteiger partial charge in [0.1, 0.15) is 16.9 Å². The number of fused-ring (bicyclic) bond motifs is 2. The zero-order valence-corrected chi connectivity index (χ0v) is 18.5. The predicted molar refractivity (Wildman–Crippen MR) is 116 cm³/mol. The van der Waals surface area contributed by atoms with Gasteiger partial charge in [0.05, 0.1) is 0 Å². The van der Waals surface area contributed by atoms with Crippen LogP contribution in [-0.4, -0.2) is 18.4 Å². The van der Waals surface area contributed by atoms with Crippen molar-refractivity contribution in [1.29, 1.82) is 0 Å². The summed E-state index contributed by atoms with van der Waals surface area (Å²) >= 11 is 0. The second kappa shape index (κ2) is 9.37. The number of hydrogen-bond acceptors (Lipinski definition) is 6. The fraction of sp³-hybridized carbons (Fsp3) is 0.458. The third-order valence-corrected chi connectivity index (χ3v) is 5.93. The maximum absolute atomic E-state index is 12.6. The van der Waals surface area contributed by atoms with E-state index in [4.69, 9.17) is 8.83 Å². The van der Waals surface area contributed by atoms with Crippen LogP contribution in [0.25, 0.3) is 21.9 Å². The average Bonchev–Trinajstić information content (AvgIpc) is 3.00. The molecule has 0 fully saturated rings. The lowest BCUT2D eigenvalue weighted by Gasteiger charge is -2.10. The minimum absolute atomic E-state index is 0.0364. The van der Waals surface area contributed by atoms with E-state index in [9.17, 15) is 19.5 Å². The molecule has 0 bridgehead atoms. The third kappa shape index (κ3) is 4.81. The van der Waals surface area contributed by atoms with E-state index in [-0.39, 0.29) is 18.7 Å². The van der Waals surface area contributed by atoms with Crippen LogP contribution in [-0.2, 0) is 16.0 Å². The van der Waals surface area contributed by atoms with Crippen LogP contribution in [0.5, 0.6) is 0 Å². The van der Waals surface area contributed by atoms with Crippen molar-refractivity contribution in [3.05, 3.63) is 44.5 Å². The van der Waals surface area contributed by atoms with Crippen LogP contribution in [0.2, 0.25) is 0 Å². The van der Waals surface area contributed by atoms with Crippen molar-refractivity contribution >= 4 is 33.8 Å². The Hall–Kier alpha value is -3.09. The van der Waals surface area contributed by atoms with Crippen LogP contribution in [0.3, 0.4) is 0 Å². The lowest BCUT2D eigenvalue weighted by Crippen LogP contribution is -2.26. The van der Waals surface area contributed by atoms with Gasteiger partial charge in [0.25, 0.3) is 0 Å². The quantitative estimate of drug-likeness (QED) is 0.415. The molecule has 7 nitrogen and oxygen atoms in total. The van der Waals surface area contributed by atoms with Crippen LogP contribution < -0.4 is 16.0 Å². The number of rotatable bonds is 9. The first kappa shape index (κ1) is 22.6. The first-order valence-corrected chi connectivity index (χ1v) is 10.6. The Bertz CT molecular complexity index is 1200. The Morgan fingerprint density at radius 1 is 0.903 bits per heavy atom. The van der Waals surface area contributed by atoms with Crippen molar-refractivity contribution in [2.75, 3.05) is 6.54 Å². The molecule has 166 valence electrons. The molecule has 0 radical (unpaired) electrons. The van der Waals surface area contributed by atoms with Crippen molar-refractivity contribution in [3.8, 4) is 0 Å². The highest BCUT2D eigenvalue weighted by molar-refractivity contribution is 6.00. The number of amides is 1. The van der Waals surface area contributed by atoms with E-state index < -0.39 is 11.6 Å². The van der Waals surface area contributed by atoms with Crippen molar-refractivity contribution in [1.82, 2.24) is 5.32 Å². The van der Waals surface area contributed by atoms with Gasteiger partial charge in [-0.15, -0.1) is 0 Å². The summed E-state index contributed by atoms with van der Waals surface area (Å²) in [5.41, 5.74) is 4.02. The summed E-state index contributed by atoms with van der Waals surface area (Å²) in [4.78, 5) is 35.2. The number of aliphatic carboxylic acids is 1. The molecule has 0 spiro atoms. The summed E-state index contributed by atoms with van der Waals surface area (Å²) in [6.07, 6.45) is 2.46. The molecule has 3 rings (SSSR count). The molecule has 1 N–H and O–H groups in total. The van der Waals surface area contributed by atoms with Crippen LogP contribution in [0.15, 0.2) is 19.7 Å². The van der Waals surface area contributed by atoms with Gasteiger partial charge in [0, 0.05) is 40.8 Å². The average molecular weight is 426 g/mol. The number of furan rings is 1. The Morgan fingerprint density at radius 3 is 2.29 bits per heavy atom. The smallest absolute Gasteiger partial charge is 0.339 e. The number of aryl methyl sites for hydroxylation is 4. The number of benzene rings is 1. The van der Waals surface area contributed by atoms with E-state index in [1.54, 1.807) is 0 Å². The normalized spacial score (nSPS) is 11.4. The number of carboxylic acid groups (broad SMARTS) is 1. The molecule has 0 saturated heterocycles. The largest absolute Gasteiger partial charge is 0.550 e. The molecule has 0 aliphatic rings. The predicted octanol–water partition coefficient (Wildman–Crippen LogP) is 3.13. The molecule has 1 amide bonds. The van der Waals surface area contributed by atoms with Gasteiger partial charge in [-0.2, -0.15) is 0 Å². The summed E-state index contributed by atoms with van der Waals surface area (Å²) in [6, 6.07) is 2.00. The van der Waals surface area contributed by atoms with E-state index in [1.165, 1.54) is 0 Å². The van der Waals surface area contributed by atoms with Crippen LogP contribution in [0, 0.1) is 27.7 Å². The Kier molecular flexibility index (Phi) is 6.83. The zero-order chi connectivity index (χ0) is 22.7. The monoisotopic (exact) mass is 426 g/mol. The number of hydrogen-bond donors (Lipinski definition) is 1. The van der Waals surface area contributed by atoms with Crippen molar-refractivity contribution in [2.24, 2.45) is 0 Å².